The molecule has 0 unspecified atom stereocenters. The average molecular weight is 414 g/mol. The number of piperidine rings is 1. The number of carbonyl (C=O) groups is 1. The average Bonchev–Trinajstić information content (AvgIpc) is 2.66. The van der Waals surface area contributed by atoms with Gasteiger partial charge in [-0.05, 0) is 49.8 Å². The van der Waals surface area contributed by atoms with E-state index in [1.54, 1.807) is 11.0 Å². The molecule has 1 aromatic carbocycles. The molecule has 1 atom stereocenters. The predicted octanol–water partition coefficient (Wildman–Crippen LogP) is 1.78. The second kappa shape index (κ2) is 8.34. The predicted molar refractivity (Wildman–Crippen MR) is 102 cm³/mol. The number of sulfonamides is 1. The molecule has 2 aliphatic rings. The first-order valence-electron chi connectivity index (χ1n) is 9.43. The van der Waals surface area contributed by atoms with Crippen molar-refractivity contribution < 1.29 is 27.1 Å². The highest BCUT2D eigenvalue weighted by atomic mass is 32.2. The molecule has 1 aromatic rings. The van der Waals surface area contributed by atoms with Gasteiger partial charge in [-0.1, -0.05) is 0 Å². The molecule has 1 N–H and O–H groups in total. The minimum Gasteiger partial charge on any atom is -0.494 e. The highest BCUT2D eigenvalue weighted by Crippen LogP contribution is 2.37. The Kier molecular flexibility index (Phi) is 6.26. The van der Waals surface area contributed by atoms with E-state index in [1.165, 1.54) is 19.2 Å². The second-order valence-electron chi connectivity index (χ2n) is 7.65. The van der Waals surface area contributed by atoms with Gasteiger partial charge in [0.05, 0.1) is 19.0 Å². The van der Waals surface area contributed by atoms with Crippen molar-refractivity contribution in [3.05, 3.63) is 29.6 Å². The van der Waals surface area contributed by atoms with E-state index >= 15 is 0 Å². The zero-order chi connectivity index (χ0) is 20.4. The fraction of sp³-hybridized carbons (Fsp3) is 0.632. The second-order valence-corrected chi connectivity index (χ2v) is 9.49. The van der Waals surface area contributed by atoms with Crippen LogP contribution < -0.4 is 9.46 Å². The largest absolute Gasteiger partial charge is 0.494 e. The van der Waals surface area contributed by atoms with Crippen LogP contribution in [0.4, 0.5) is 4.39 Å². The van der Waals surface area contributed by atoms with E-state index in [9.17, 15) is 17.6 Å². The van der Waals surface area contributed by atoms with Crippen LogP contribution in [0.1, 0.15) is 36.0 Å². The van der Waals surface area contributed by atoms with Crippen LogP contribution in [0, 0.1) is 11.7 Å². The third kappa shape index (κ3) is 5.01. The fourth-order valence-corrected chi connectivity index (χ4v) is 4.56. The Morgan fingerprint density at radius 3 is 2.71 bits per heavy atom. The van der Waals surface area contributed by atoms with Crippen molar-refractivity contribution >= 4 is 15.9 Å². The third-order valence-corrected chi connectivity index (χ3v) is 6.28. The lowest BCUT2D eigenvalue weighted by Gasteiger charge is -2.46. The molecule has 7 nitrogen and oxygen atoms in total. The van der Waals surface area contributed by atoms with Crippen molar-refractivity contribution in [2.45, 2.75) is 31.3 Å². The molecule has 9 heteroatoms. The van der Waals surface area contributed by atoms with Crippen molar-refractivity contribution in [1.82, 2.24) is 9.62 Å². The van der Waals surface area contributed by atoms with E-state index in [1.807, 2.05) is 0 Å². The summed E-state index contributed by atoms with van der Waals surface area (Å²) in [5.41, 5.74) is -0.0154. The van der Waals surface area contributed by atoms with Gasteiger partial charge in [0.2, 0.25) is 10.0 Å². The van der Waals surface area contributed by atoms with Crippen LogP contribution in [0.15, 0.2) is 18.2 Å². The lowest BCUT2D eigenvalue weighted by molar-refractivity contribution is -0.122. The first kappa shape index (κ1) is 21.0. The summed E-state index contributed by atoms with van der Waals surface area (Å²) >= 11 is 0. The van der Waals surface area contributed by atoms with E-state index in [4.69, 9.17) is 9.47 Å². The van der Waals surface area contributed by atoms with E-state index in [2.05, 4.69) is 4.72 Å². The van der Waals surface area contributed by atoms with E-state index < -0.39 is 15.8 Å². The van der Waals surface area contributed by atoms with Crippen molar-refractivity contribution in [1.29, 1.82) is 0 Å². The molecule has 0 aromatic heterocycles. The van der Waals surface area contributed by atoms with Crippen LogP contribution in [0.25, 0.3) is 0 Å². The molecule has 0 aliphatic carbocycles. The molecular formula is C19H27FN2O5S. The number of amides is 1. The van der Waals surface area contributed by atoms with Crippen LogP contribution >= 0.6 is 0 Å². The summed E-state index contributed by atoms with van der Waals surface area (Å²) in [4.78, 5) is 14.4. The molecule has 3 rings (SSSR count). The van der Waals surface area contributed by atoms with Crippen LogP contribution in [0.3, 0.4) is 0 Å². The molecule has 1 amide bonds. The van der Waals surface area contributed by atoms with E-state index in [-0.39, 0.29) is 23.2 Å². The summed E-state index contributed by atoms with van der Waals surface area (Å²) in [6.07, 6.45) is 4.13. The molecule has 156 valence electrons. The fourth-order valence-electron chi connectivity index (χ4n) is 4.02. The summed E-state index contributed by atoms with van der Waals surface area (Å²) < 4.78 is 50.1. The van der Waals surface area contributed by atoms with Gasteiger partial charge in [-0.25, -0.2) is 17.5 Å². The molecule has 2 aliphatic heterocycles. The lowest BCUT2D eigenvalue weighted by atomic mass is 9.79. The highest BCUT2D eigenvalue weighted by Gasteiger charge is 2.41. The van der Waals surface area contributed by atoms with Gasteiger partial charge in [0.25, 0.3) is 5.91 Å². The number of benzene rings is 1. The van der Waals surface area contributed by atoms with Crippen LogP contribution in [-0.2, 0) is 14.8 Å². The summed E-state index contributed by atoms with van der Waals surface area (Å²) in [6, 6.07) is 4.23. The van der Waals surface area contributed by atoms with Crippen molar-refractivity contribution in [3.63, 3.8) is 0 Å². The van der Waals surface area contributed by atoms with Gasteiger partial charge >= 0.3 is 0 Å². The number of ether oxygens (including phenoxy) is 2. The lowest BCUT2D eigenvalue weighted by Crippen LogP contribution is -2.51. The Morgan fingerprint density at radius 1 is 1.39 bits per heavy atom. The third-order valence-electron chi connectivity index (χ3n) is 5.59. The minimum absolute atomic E-state index is 0.110. The number of halogens is 1. The molecule has 1 spiro atoms. The Balaban J connectivity index is 1.58. The number of carbonyl (C=O) groups excluding carboxylic acids is 1. The van der Waals surface area contributed by atoms with Gasteiger partial charge < -0.3 is 14.4 Å². The number of likely N-dealkylation sites (tertiary alicyclic amines) is 1. The molecular weight excluding hydrogens is 387 g/mol. The molecule has 2 heterocycles. The Morgan fingerprint density at radius 2 is 2.11 bits per heavy atom. The Bertz CT molecular complexity index is 822. The van der Waals surface area contributed by atoms with E-state index in [0.29, 0.717) is 44.6 Å². The number of nitrogens with one attached hydrogen (secondary N) is 1. The molecule has 2 saturated heterocycles. The zero-order valence-electron chi connectivity index (χ0n) is 16.2. The smallest absolute Gasteiger partial charge is 0.253 e. The summed E-state index contributed by atoms with van der Waals surface area (Å²) in [5.74, 6) is -0.430. The number of nitrogens with zero attached hydrogens (tertiary/aromatic N) is 1. The van der Waals surface area contributed by atoms with Crippen molar-refractivity contribution in [2.75, 3.05) is 39.6 Å². The Hall–Kier alpha value is -1.71. The number of hydrogen-bond donors (Lipinski definition) is 1. The standard InChI is InChI=1S/C19H27FN2O5S/c1-26-17-4-3-15(11-16(17)20)18(23)22-8-6-19(7-9-22)12-14(5-10-27-19)13-21-28(2,24)25/h3-4,11,14,21H,5-10,12-13H2,1-2H3/t14-/m0/s1. The zero-order valence-corrected chi connectivity index (χ0v) is 17.1. The van der Waals surface area contributed by atoms with E-state index in [0.717, 1.165) is 19.1 Å². The first-order valence-corrected chi connectivity index (χ1v) is 11.3. The van der Waals surface area contributed by atoms with Gasteiger partial charge in [0, 0.05) is 31.8 Å². The van der Waals surface area contributed by atoms with Gasteiger partial charge in [0.1, 0.15) is 0 Å². The number of methoxy groups -OCH3 is 1. The molecule has 2 fully saturated rings. The molecule has 0 saturated carbocycles. The van der Waals surface area contributed by atoms with Crippen LogP contribution in [0.5, 0.6) is 5.75 Å². The van der Waals surface area contributed by atoms with Crippen molar-refractivity contribution in [2.24, 2.45) is 5.92 Å². The topological polar surface area (TPSA) is 84.9 Å². The molecule has 28 heavy (non-hydrogen) atoms. The molecule has 0 radical (unpaired) electrons. The van der Waals surface area contributed by atoms with Crippen LogP contribution in [-0.4, -0.2) is 64.4 Å². The summed E-state index contributed by atoms with van der Waals surface area (Å²) in [6.45, 7) is 2.06. The Labute approximate surface area is 165 Å². The van der Waals surface area contributed by atoms with Gasteiger partial charge in [-0.15, -0.1) is 0 Å². The number of hydrogen-bond acceptors (Lipinski definition) is 5. The van der Waals surface area contributed by atoms with Gasteiger partial charge in [0.15, 0.2) is 11.6 Å². The first-order chi connectivity index (χ1) is 13.2. The quantitative estimate of drug-likeness (QED) is 0.794. The number of rotatable bonds is 5. The molecule has 0 bridgehead atoms. The summed E-state index contributed by atoms with van der Waals surface area (Å²) in [5, 5.41) is 0. The SMILES string of the molecule is COc1ccc(C(=O)N2CCC3(CC2)C[C@@H](CNS(C)(=O)=O)CCO3)cc1F. The minimum atomic E-state index is -3.21. The van der Waals surface area contributed by atoms with Gasteiger partial charge in [-0.2, -0.15) is 0 Å². The maximum absolute atomic E-state index is 13.9. The highest BCUT2D eigenvalue weighted by molar-refractivity contribution is 7.88. The van der Waals surface area contributed by atoms with Crippen molar-refractivity contribution in [3.8, 4) is 5.75 Å². The summed E-state index contributed by atoms with van der Waals surface area (Å²) in [7, 11) is -1.83. The van der Waals surface area contributed by atoms with Crippen LogP contribution in [0.2, 0.25) is 0 Å². The normalized spacial score (nSPS) is 22.2. The maximum atomic E-state index is 13.9. The van der Waals surface area contributed by atoms with Gasteiger partial charge in [-0.3, -0.25) is 4.79 Å². The monoisotopic (exact) mass is 414 g/mol. The maximum Gasteiger partial charge on any atom is 0.253 e.